The van der Waals surface area contributed by atoms with Gasteiger partial charge < -0.3 is 4.74 Å². The Labute approximate surface area is 132 Å². The van der Waals surface area contributed by atoms with Crippen molar-refractivity contribution in [1.29, 1.82) is 0 Å². The van der Waals surface area contributed by atoms with E-state index in [2.05, 4.69) is 15.5 Å². The SMILES string of the molecule is [3H]c1ccc(OCc2c(-n3nnn(C)c3=O)nn(C)c2F)c(C)c1. The molecule has 0 saturated carbocycles. The van der Waals surface area contributed by atoms with Gasteiger partial charge in [-0.3, -0.25) is 0 Å². The standard InChI is InChI=1S/C14H15FN6O2/c1-9-6-4-5-7-11(9)23-8-10-12(15)19(2)16-13(10)21-14(22)20(3)17-18-21/h4-7H,8H2,1-3H3/i4T. The van der Waals surface area contributed by atoms with Crippen molar-refractivity contribution in [3.8, 4) is 11.6 Å². The van der Waals surface area contributed by atoms with Crippen LogP contribution in [-0.4, -0.2) is 29.6 Å². The van der Waals surface area contributed by atoms with Crippen LogP contribution >= 0.6 is 0 Å². The Morgan fingerprint density at radius 2 is 2.09 bits per heavy atom. The molecule has 8 nitrogen and oxygen atoms in total. The van der Waals surface area contributed by atoms with Gasteiger partial charge in [0.25, 0.3) is 0 Å². The molecular weight excluding hydrogens is 303 g/mol. The quantitative estimate of drug-likeness (QED) is 0.708. The van der Waals surface area contributed by atoms with Gasteiger partial charge in [-0.1, -0.05) is 18.2 Å². The molecule has 1 aromatic carbocycles. The van der Waals surface area contributed by atoms with Crippen LogP contribution in [0.2, 0.25) is 0 Å². The molecule has 0 bridgehead atoms. The first-order chi connectivity index (χ1) is 11.4. The van der Waals surface area contributed by atoms with E-state index in [0.29, 0.717) is 11.8 Å². The number of hydrogen-bond donors (Lipinski definition) is 0. The average molecular weight is 320 g/mol. The fraction of sp³-hybridized carbons (Fsp3) is 0.286. The van der Waals surface area contributed by atoms with Crippen molar-refractivity contribution in [2.45, 2.75) is 13.5 Å². The van der Waals surface area contributed by atoms with Crippen LogP contribution in [0, 0.1) is 12.9 Å². The van der Waals surface area contributed by atoms with Crippen LogP contribution in [0.3, 0.4) is 0 Å². The summed E-state index contributed by atoms with van der Waals surface area (Å²) in [5, 5.41) is 11.3. The van der Waals surface area contributed by atoms with Crippen molar-refractivity contribution in [1.82, 2.24) is 29.6 Å². The van der Waals surface area contributed by atoms with E-state index in [1.54, 1.807) is 25.1 Å². The first-order valence-corrected chi connectivity index (χ1v) is 6.79. The molecule has 0 radical (unpaired) electrons. The maximum Gasteiger partial charge on any atom is 0.369 e. The van der Waals surface area contributed by atoms with Gasteiger partial charge in [0.2, 0.25) is 5.95 Å². The van der Waals surface area contributed by atoms with E-state index < -0.39 is 11.6 Å². The van der Waals surface area contributed by atoms with Gasteiger partial charge in [-0.15, -0.1) is 9.78 Å². The largest absolute Gasteiger partial charge is 0.488 e. The molecule has 0 saturated heterocycles. The van der Waals surface area contributed by atoms with Crippen LogP contribution in [-0.2, 0) is 20.7 Å². The van der Waals surface area contributed by atoms with E-state index in [9.17, 15) is 9.18 Å². The normalized spacial score (nSPS) is 11.6. The number of aryl methyl sites for hydroxylation is 3. The molecule has 9 heteroatoms. The second-order valence-electron chi connectivity index (χ2n) is 4.99. The Morgan fingerprint density at radius 3 is 2.74 bits per heavy atom. The van der Waals surface area contributed by atoms with Gasteiger partial charge in [-0.2, -0.15) is 9.07 Å². The number of nitrogens with zero attached hydrogens (tertiary/aromatic N) is 6. The van der Waals surface area contributed by atoms with Crippen molar-refractivity contribution < 1.29 is 10.5 Å². The van der Waals surface area contributed by atoms with Gasteiger partial charge in [0.1, 0.15) is 12.4 Å². The number of ether oxygens (including phenoxy) is 1. The van der Waals surface area contributed by atoms with Gasteiger partial charge in [-0.25, -0.2) is 9.48 Å². The minimum Gasteiger partial charge on any atom is -0.488 e. The molecule has 0 N–H and O–H groups in total. The Bertz CT molecular complexity index is 961. The topological polar surface area (TPSA) is 79.8 Å². The highest BCUT2D eigenvalue weighted by atomic mass is 19.1. The third kappa shape index (κ3) is 2.60. The second-order valence-corrected chi connectivity index (χ2v) is 4.99. The lowest BCUT2D eigenvalue weighted by Gasteiger charge is -2.08. The van der Waals surface area contributed by atoms with Gasteiger partial charge in [0, 0.05) is 14.1 Å². The molecule has 0 atom stereocenters. The van der Waals surface area contributed by atoms with Gasteiger partial charge >= 0.3 is 5.69 Å². The summed E-state index contributed by atoms with van der Waals surface area (Å²) >= 11 is 0. The van der Waals surface area contributed by atoms with Crippen molar-refractivity contribution in [2.75, 3.05) is 0 Å². The molecule has 0 aliphatic rings. The predicted molar refractivity (Wildman–Crippen MR) is 78.8 cm³/mol. The van der Waals surface area contributed by atoms with Crippen LogP contribution in [0.25, 0.3) is 5.82 Å². The third-order valence-electron chi connectivity index (χ3n) is 3.36. The summed E-state index contributed by atoms with van der Waals surface area (Å²) in [5.74, 6) is -0.0770. The minimum absolute atomic E-state index is 0.0304. The number of hydrogen-bond acceptors (Lipinski definition) is 5. The molecule has 0 unspecified atom stereocenters. The summed E-state index contributed by atoms with van der Waals surface area (Å²) in [4.78, 5) is 12.0. The number of para-hydroxylation sites is 1. The molecule has 23 heavy (non-hydrogen) atoms. The number of halogens is 1. The van der Waals surface area contributed by atoms with Crippen molar-refractivity contribution in [2.24, 2.45) is 14.1 Å². The molecule has 0 fully saturated rings. The van der Waals surface area contributed by atoms with Crippen molar-refractivity contribution in [3.05, 3.63) is 51.8 Å². The fourth-order valence-corrected chi connectivity index (χ4v) is 2.09. The van der Waals surface area contributed by atoms with Crippen LogP contribution < -0.4 is 10.4 Å². The molecule has 0 aliphatic heterocycles. The Kier molecular flexibility index (Phi) is 3.37. The van der Waals surface area contributed by atoms with Crippen LogP contribution in [0.15, 0.2) is 29.0 Å². The van der Waals surface area contributed by atoms with Crippen molar-refractivity contribution in [3.63, 3.8) is 0 Å². The fourth-order valence-electron chi connectivity index (χ4n) is 2.09. The molecule has 0 aliphatic carbocycles. The van der Waals surface area contributed by atoms with E-state index in [1.165, 1.54) is 14.1 Å². The lowest BCUT2D eigenvalue weighted by molar-refractivity contribution is 0.295. The molecular formula is C14H15FN6O2. The number of benzene rings is 1. The predicted octanol–water partition coefficient (Wildman–Crippen LogP) is 0.726. The van der Waals surface area contributed by atoms with Crippen LogP contribution in [0.1, 0.15) is 12.5 Å². The van der Waals surface area contributed by atoms with E-state index in [0.717, 1.165) is 19.6 Å². The summed E-state index contributed by atoms with van der Waals surface area (Å²) in [6, 6.07) is 5.22. The number of tetrazole rings is 1. The summed E-state index contributed by atoms with van der Waals surface area (Å²) in [6.45, 7) is 1.65. The van der Waals surface area contributed by atoms with Crippen LogP contribution in [0.5, 0.6) is 5.75 Å². The lowest BCUT2D eigenvalue weighted by atomic mass is 10.2. The van der Waals surface area contributed by atoms with Crippen LogP contribution in [0.4, 0.5) is 4.39 Å². The highest BCUT2D eigenvalue weighted by Crippen LogP contribution is 2.21. The maximum atomic E-state index is 14.3. The number of rotatable bonds is 4. The highest BCUT2D eigenvalue weighted by Gasteiger charge is 2.21. The molecule has 2 heterocycles. The monoisotopic (exact) mass is 320 g/mol. The summed E-state index contributed by atoms with van der Waals surface area (Å²) in [7, 11) is 2.86. The van der Waals surface area contributed by atoms with Gasteiger partial charge in [0.15, 0.2) is 5.82 Å². The van der Waals surface area contributed by atoms with Crippen molar-refractivity contribution >= 4 is 0 Å². The molecule has 120 valence electrons. The average Bonchev–Trinajstić information content (AvgIpc) is 3.00. The smallest absolute Gasteiger partial charge is 0.369 e. The van der Waals surface area contributed by atoms with Gasteiger partial charge in [-0.05, 0) is 29.0 Å². The first kappa shape index (κ1) is 13.7. The zero-order valence-corrected chi connectivity index (χ0v) is 12.8. The van der Waals surface area contributed by atoms with E-state index in [4.69, 9.17) is 6.11 Å². The molecule has 0 spiro atoms. The Morgan fingerprint density at radius 1 is 1.30 bits per heavy atom. The zero-order valence-electron chi connectivity index (χ0n) is 13.8. The molecule has 2 aromatic heterocycles. The Hall–Kier alpha value is -2.97. The van der Waals surface area contributed by atoms with E-state index in [-0.39, 0.29) is 18.0 Å². The van der Waals surface area contributed by atoms with E-state index >= 15 is 0 Å². The minimum atomic E-state index is -0.627. The van der Waals surface area contributed by atoms with Gasteiger partial charge in [0.05, 0.1) is 6.93 Å². The number of aromatic nitrogens is 6. The third-order valence-corrected chi connectivity index (χ3v) is 3.36. The first-order valence-electron chi connectivity index (χ1n) is 7.29. The molecule has 3 aromatic rings. The summed E-state index contributed by atoms with van der Waals surface area (Å²) < 4.78 is 30.5. The molecule has 0 amide bonds. The lowest BCUT2D eigenvalue weighted by Crippen LogP contribution is -2.23. The van der Waals surface area contributed by atoms with E-state index in [1.807, 2.05) is 0 Å². The summed E-state index contributed by atoms with van der Waals surface area (Å²) in [5.41, 5.74) is 0.309. The zero-order chi connectivity index (χ0) is 17.4. The maximum absolute atomic E-state index is 14.3. The summed E-state index contributed by atoms with van der Waals surface area (Å²) in [6.07, 6.45) is 0. The second kappa shape index (κ2) is 5.67. The Balaban J connectivity index is 1.96. The molecule has 3 rings (SSSR count). The highest BCUT2D eigenvalue weighted by molar-refractivity contribution is 5.34.